The molecular formula is C8H12F4O2. The normalized spacial score (nSPS) is 39.9. The van der Waals surface area contributed by atoms with Crippen LogP contribution in [0.3, 0.4) is 0 Å². The van der Waals surface area contributed by atoms with Gasteiger partial charge in [-0.1, -0.05) is 6.92 Å². The molecule has 84 valence electrons. The van der Waals surface area contributed by atoms with Crippen molar-refractivity contribution in [1.29, 1.82) is 0 Å². The van der Waals surface area contributed by atoms with Crippen LogP contribution in [0.25, 0.3) is 0 Å². The van der Waals surface area contributed by atoms with E-state index in [0.29, 0.717) is 0 Å². The van der Waals surface area contributed by atoms with Crippen molar-refractivity contribution in [2.45, 2.75) is 44.5 Å². The largest absolute Gasteiger partial charge is 0.522 e. The maximum atomic E-state index is 13.1. The van der Waals surface area contributed by atoms with Crippen molar-refractivity contribution in [1.82, 2.24) is 0 Å². The van der Waals surface area contributed by atoms with E-state index < -0.39 is 24.7 Å². The standard InChI is InChI=1S/C8H12F4O2/c1-4-2-5(9)7(6(13)3-4)14-8(10,11)12/h4-7,13H,2-3H2,1H3. The highest BCUT2D eigenvalue weighted by Gasteiger charge is 2.44. The van der Waals surface area contributed by atoms with E-state index in [1.807, 2.05) is 0 Å². The molecule has 1 rings (SSSR count). The van der Waals surface area contributed by atoms with E-state index in [0.717, 1.165) is 0 Å². The molecule has 0 aromatic heterocycles. The van der Waals surface area contributed by atoms with Gasteiger partial charge in [0.05, 0.1) is 6.10 Å². The van der Waals surface area contributed by atoms with Gasteiger partial charge in [-0.2, -0.15) is 0 Å². The molecule has 4 unspecified atom stereocenters. The summed E-state index contributed by atoms with van der Waals surface area (Å²) in [7, 11) is 0. The Hall–Kier alpha value is -0.360. The number of aliphatic hydroxyl groups excluding tert-OH is 1. The summed E-state index contributed by atoms with van der Waals surface area (Å²) >= 11 is 0. The molecule has 0 radical (unpaired) electrons. The van der Waals surface area contributed by atoms with Crippen LogP contribution in [0.2, 0.25) is 0 Å². The molecule has 6 heteroatoms. The molecule has 2 nitrogen and oxygen atoms in total. The molecule has 4 atom stereocenters. The number of halogens is 4. The van der Waals surface area contributed by atoms with Crippen molar-refractivity contribution in [2.24, 2.45) is 5.92 Å². The molecule has 1 saturated carbocycles. The Labute approximate surface area is 78.9 Å². The predicted octanol–water partition coefficient (Wildman–Crippen LogP) is 2.02. The second kappa shape index (κ2) is 4.02. The molecule has 0 aliphatic heterocycles. The summed E-state index contributed by atoms with van der Waals surface area (Å²) in [6.07, 6.45) is -9.66. The van der Waals surface area contributed by atoms with Gasteiger partial charge in [-0.15, -0.1) is 13.2 Å². The highest BCUT2D eigenvalue weighted by Crippen LogP contribution is 2.32. The zero-order valence-corrected chi connectivity index (χ0v) is 7.59. The smallest absolute Gasteiger partial charge is 0.390 e. The fourth-order valence-electron chi connectivity index (χ4n) is 1.71. The van der Waals surface area contributed by atoms with Gasteiger partial charge in [-0.3, -0.25) is 4.74 Å². The summed E-state index contributed by atoms with van der Waals surface area (Å²) in [4.78, 5) is 0. The molecular weight excluding hydrogens is 204 g/mol. The fourth-order valence-corrected chi connectivity index (χ4v) is 1.71. The lowest BCUT2D eigenvalue weighted by atomic mass is 9.85. The van der Waals surface area contributed by atoms with Crippen LogP contribution in [-0.2, 0) is 4.74 Å². The average Bonchev–Trinajstić information content (AvgIpc) is 1.95. The Balaban J connectivity index is 2.58. The Morgan fingerprint density at radius 2 is 1.86 bits per heavy atom. The second-order valence-corrected chi connectivity index (χ2v) is 3.69. The Bertz CT molecular complexity index is 182. The first kappa shape index (κ1) is 11.7. The molecule has 0 saturated heterocycles. The first-order valence-electron chi connectivity index (χ1n) is 4.36. The second-order valence-electron chi connectivity index (χ2n) is 3.69. The van der Waals surface area contributed by atoms with Gasteiger partial charge in [0.15, 0.2) is 0 Å². The van der Waals surface area contributed by atoms with Crippen molar-refractivity contribution in [3.05, 3.63) is 0 Å². The van der Waals surface area contributed by atoms with Crippen molar-refractivity contribution < 1.29 is 27.4 Å². The molecule has 0 aromatic rings. The van der Waals surface area contributed by atoms with E-state index in [2.05, 4.69) is 4.74 Å². The Morgan fingerprint density at radius 3 is 2.29 bits per heavy atom. The van der Waals surface area contributed by atoms with Crippen LogP contribution in [-0.4, -0.2) is 29.8 Å². The molecule has 0 bridgehead atoms. The van der Waals surface area contributed by atoms with Gasteiger partial charge in [-0.25, -0.2) is 4.39 Å². The van der Waals surface area contributed by atoms with E-state index in [-0.39, 0.29) is 18.8 Å². The number of hydrogen-bond donors (Lipinski definition) is 1. The molecule has 0 amide bonds. The van der Waals surface area contributed by atoms with Gasteiger partial charge in [0.25, 0.3) is 0 Å². The summed E-state index contributed by atoms with van der Waals surface area (Å²) in [6, 6.07) is 0. The SMILES string of the molecule is CC1CC(O)C(OC(F)(F)F)C(F)C1. The minimum Gasteiger partial charge on any atom is -0.390 e. The van der Waals surface area contributed by atoms with E-state index >= 15 is 0 Å². The molecule has 0 aromatic carbocycles. The lowest BCUT2D eigenvalue weighted by molar-refractivity contribution is -0.361. The number of ether oxygens (including phenoxy) is 1. The maximum absolute atomic E-state index is 13.1. The van der Waals surface area contributed by atoms with Crippen LogP contribution in [0.15, 0.2) is 0 Å². The Morgan fingerprint density at radius 1 is 1.29 bits per heavy atom. The van der Waals surface area contributed by atoms with E-state index in [4.69, 9.17) is 0 Å². The summed E-state index contributed by atoms with van der Waals surface area (Å²) in [6.45, 7) is 1.68. The minimum absolute atomic E-state index is 0.00218. The average molecular weight is 216 g/mol. The van der Waals surface area contributed by atoms with E-state index in [1.165, 1.54) is 0 Å². The minimum atomic E-state index is -4.89. The lowest BCUT2D eigenvalue weighted by Crippen LogP contribution is -2.46. The molecule has 1 fully saturated rings. The molecule has 1 aliphatic rings. The fraction of sp³-hybridized carbons (Fsp3) is 1.00. The van der Waals surface area contributed by atoms with Crippen molar-refractivity contribution in [2.75, 3.05) is 0 Å². The summed E-state index contributed by atoms with van der Waals surface area (Å²) in [5.74, 6) is -0.118. The van der Waals surface area contributed by atoms with Gasteiger partial charge in [0, 0.05) is 0 Å². The van der Waals surface area contributed by atoms with Gasteiger partial charge in [0.1, 0.15) is 12.3 Å². The quantitative estimate of drug-likeness (QED) is 0.679. The number of alkyl halides is 4. The first-order chi connectivity index (χ1) is 6.29. The molecule has 0 spiro atoms. The monoisotopic (exact) mass is 216 g/mol. The van der Waals surface area contributed by atoms with Gasteiger partial charge < -0.3 is 5.11 Å². The predicted molar refractivity (Wildman–Crippen MR) is 40.2 cm³/mol. The third-order valence-electron chi connectivity index (χ3n) is 2.28. The van der Waals surface area contributed by atoms with Crippen molar-refractivity contribution in [3.63, 3.8) is 0 Å². The van der Waals surface area contributed by atoms with Crippen molar-refractivity contribution >= 4 is 0 Å². The zero-order chi connectivity index (χ0) is 10.9. The molecule has 1 N–H and O–H groups in total. The summed E-state index contributed by atoms with van der Waals surface area (Å²) in [5.41, 5.74) is 0. The third kappa shape index (κ3) is 3.09. The van der Waals surface area contributed by atoms with E-state index in [1.54, 1.807) is 6.92 Å². The highest BCUT2D eigenvalue weighted by molar-refractivity contribution is 4.86. The summed E-state index contributed by atoms with van der Waals surface area (Å²) < 4.78 is 52.0. The van der Waals surface area contributed by atoms with Crippen LogP contribution >= 0.6 is 0 Å². The van der Waals surface area contributed by atoms with E-state index in [9.17, 15) is 22.7 Å². The Kier molecular flexibility index (Phi) is 3.36. The van der Waals surface area contributed by atoms with Crippen LogP contribution in [0.5, 0.6) is 0 Å². The van der Waals surface area contributed by atoms with Crippen LogP contribution < -0.4 is 0 Å². The molecule has 14 heavy (non-hydrogen) atoms. The number of aliphatic hydroxyl groups is 1. The van der Waals surface area contributed by atoms with Crippen LogP contribution in [0.1, 0.15) is 19.8 Å². The number of hydrogen-bond acceptors (Lipinski definition) is 2. The first-order valence-corrected chi connectivity index (χ1v) is 4.36. The van der Waals surface area contributed by atoms with Gasteiger partial charge in [-0.05, 0) is 18.8 Å². The molecule has 1 aliphatic carbocycles. The van der Waals surface area contributed by atoms with Gasteiger partial charge >= 0.3 is 6.36 Å². The zero-order valence-electron chi connectivity index (χ0n) is 7.59. The summed E-state index contributed by atoms with van der Waals surface area (Å²) in [5, 5.41) is 9.21. The topological polar surface area (TPSA) is 29.5 Å². The van der Waals surface area contributed by atoms with Crippen molar-refractivity contribution in [3.8, 4) is 0 Å². The number of rotatable bonds is 1. The molecule has 0 heterocycles. The lowest BCUT2D eigenvalue weighted by Gasteiger charge is -2.34. The van der Waals surface area contributed by atoms with Gasteiger partial charge in [0.2, 0.25) is 0 Å². The van der Waals surface area contributed by atoms with Crippen LogP contribution in [0.4, 0.5) is 17.6 Å². The van der Waals surface area contributed by atoms with Crippen LogP contribution in [0, 0.1) is 5.92 Å². The maximum Gasteiger partial charge on any atom is 0.522 e. The third-order valence-corrected chi connectivity index (χ3v) is 2.28. The highest BCUT2D eigenvalue weighted by atomic mass is 19.4.